The molecule has 2 N–H and O–H groups in total. The summed E-state index contributed by atoms with van der Waals surface area (Å²) in [5.41, 5.74) is 1.60. The van der Waals surface area contributed by atoms with E-state index in [1.807, 2.05) is 24.3 Å². The molecule has 0 aliphatic carbocycles. The average molecular weight is 302 g/mol. The molecule has 5 heteroatoms. The first kappa shape index (κ1) is 15.0. The van der Waals surface area contributed by atoms with Crippen LogP contribution in [0.3, 0.4) is 0 Å². The number of aliphatic hydroxyl groups excluding tert-OH is 1. The molecular weight excluding hydrogens is 280 g/mol. The van der Waals surface area contributed by atoms with Gasteiger partial charge in [0.2, 0.25) is 11.8 Å². The van der Waals surface area contributed by atoms with Crippen LogP contribution in [-0.2, 0) is 9.59 Å². The molecule has 1 aromatic carbocycles. The zero-order valence-electron chi connectivity index (χ0n) is 12.8. The van der Waals surface area contributed by atoms with Gasteiger partial charge in [-0.25, -0.2) is 0 Å². The van der Waals surface area contributed by atoms with Gasteiger partial charge in [-0.1, -0.05) is 25.1 Å². The summed E-state index contributed by atoms with van der Waals surface area (Å²) < 4.78 is 0. The van der Waals surface area contributed by atoms with E-state index < -0.39 is 5.92 Å². The number of piperidine rings is 1. The Morgan fingerprint density at radius 3 is 2.95 bits per heavy atom. The van der Waals surface area contributed by atoms with Gasteiger partial charge in [0.25, 0.3) is 0 Å². The molecule has 0 bridgehead atoms. The van der Waals surface area contributed by atoms with E-state index in [9.17, 15) is 14.7 Å². The summed E-state index contributed by atoms with van der Waals surface area (Å²) in [7, 11) is 0. The highest BCUT2D eigenvalue weighted by molar-refractivity contribution is 6.01. The van der Waals surface area contributed by atoms with E-state index in [0.717, 1.165) is 24.1 Å². The molecule has 5 nitrogen and oxygen atoms in total. The van der Waals surface area contributed by atoms with Crippen LogP contribution < -0.4 is 5.32 Å². The number of amides is 2. The number of aliphatic hydroxyl groups is 1. The molecular formula is C17H22N2O3. The summed E-state index contributed by atoms with van der Waals surface area (Å²) >= 11 is 0. The summed E-state index contributed by atoms with van der Waals surface area (Å²) in [4.78, 5) is 26.7. The van der Waals surface area contributed by atoms with E-state index in [0.29, 0.717) is 6.54 Å². The SMILES string of the molecule is CC1CCCN(C(=O)C2CC(=O)Nc3ccccc32)C1CO. The maximum atomic E-state index is 13.0. The third-order valence-electron chi connectivity index (χ3n) is 4.88. The van der Waals surface area contributed by atoms with Crippen LogP contribution in [-0.4, -0.2) is 41.0 Å². The third kappa shape index (κ3) is 2.61. The van der Waals surface area contributed by atoms with Crippen molar-refractivity contribution in [2.24, 2.45) is 5.92 Å². The van der Waals surface area contributed by atoms with E-state index >= 15 is 0 Å². The van der Waals surface area contributed by atoms with Gasteiger partial charge in [-0.05, 0) is 30.4 Å². The Balaban J connectivity index is 1.90. The predicted molar refractivity (Wildman–Crippen MR) is 83.4 cm³/mol. The van der Waals surface area contributed by atoms with Gasteiger partial charge in [0.15, 0.2) is 0 Å². The Labute approximate surface area is 130 Å². The molecule has 2 aliphatic rings. The molecule has 22 heavy (non-hydrogen) atoms. The van der Waals surface area contributed by atoms with Crippen molar-refractivity contribution >= 4 is 17.5 Å². The van der Waals surface area contributed by atoms with Gasteiger partial charge in [0.05, 0.1) is 18.6 Å². The number of nitrogens with zero attached hydrogens (tertiary/aromatic N) is 1. The summed E-state index contributed by atoms with van der Waals surface area (Å²) in [6.45, 7) is 2.71. The minimum absolute atomic E-state index is 0.0204. The largest absolute Gasteiger partial charge is 0.394 e. The quantitative estimate of drug-likeness (QED) is 0.874. The van der Waals surface area contributed by atoms with E-state index in [-0.39, 0.29) is 36.8 Å². The van der Waals surface area contributed by atoms with Crippen molar-refractivity contribution in [1.82, 2.24) is 4.90 Å². The number of fused-ring (bicyclic) bond motifs is 1. The smallest absolute Gasteiger partial charge is 0.231 e. The Kier molecular flexibility index (Phi) is 4.16. The molecule has 3 rings (SSSR count). The van der Waals surface area contributed by atoms with Crippen LogP contribution in [0.15, 0.2) is 24.3 Å². The number of carbonyl (C=O) groups is 2. The lowest BCUT2D eigenvalue weighted by Gasteiger charge is -2.41. The highest BCUT2D eigenvalue weighted by atomic mass is 16.3. The van der Waals surface area contributed by atoms with E-state index in [1.165, 1.54) is 0 Å². The minimum atomic E-state index is -0.440. The van der Waals surface area contributed by atoms with Crippen LogP contribution >= 0.6 is 0 Å². The fourth-order valence-corrected chi connectivity index (χ4v) is 3.63. The second kappa shape index (κ2) is 6.08. The third-order valence-corrected chi connectivity index (χ3v) is 4.88. The molecule has 118 valence electrons. The number of nitrogens with one attached hydrogen (secondary N) is 1. The van der Waals surface area contributed by atoms with Crippen LogP contribution in [0, 0.1) is 5.92 Å². The number of hydrogen-bond acceptors (Lipinski definition) is 3. The number of carbonyl (C=O) groups excluding carboxylic acids is 2. The number of rotatable bonds is 2. The lowest BCUT2D eigenvalue weighted by molar-refractivity contribution is -0.140. The highest BCUT2D eigenvalue weighted by Gasteiger charge is 2.38. The lowest BCUT2D eigenvalue weighted by atomic mass is 9.86. The minimum Gasteiger partial charge on any atom is -0.394 e. The molecule has 0 saturated carbocycles. The van der Waals surface area contributed by atoms with Gasteiger partial charge in [0, 0.05) is 18.7 Å². The summed E-state index contributed by atoms with van der Waals surface area (Å²) in [6, 6.07) is 7.33. The number of hydrogen-bond donors (Lipinski definition) is 2. The second-order valence-electron chi connectivity index (χ2n) is 6.29. The van der Waals surface area contributed by atoms with Gasteiger partial charge in [0.1, 0.15) is 0 Å². The Bertz CT molecular complexity index is 587. The fraction of sp³-hybridized carbons (Fsp3) is 0.529. The van der Waals surface area contributed by atoms with Gasteiger partial charge in [-0.3, -0.25) is 9.59 Å². The first-order valence-electron chi connectivity index (χ1n) is 7.92. The van der Waals surface area contributed by atoms with Gasteiger partial charge in [-0.2, -0.15) is 0 Å². The van der Waals surface area contributed by atoms with E-state index in [1.54, 1.807) is 4.90 Å². The molecule has 0 aromatic heterocycles. The normalized spacial score (nSPS) is 28.0. The number of anilines is 1. The summed E-state index contributed by atoms with van der Waals surface area (Å²) in [5, 5.41) is 12.5. The van der Waals surface area contributed by atoms with Crippen molar-refractivity contribution in [3.63, 3.8) is 0 Å². The maximum Gasteiger partial charge on any atom is 0.231 e. The Morgan fingerprint density at radius 1 is 1.41 bits per heavy atom. The predicted octanol–water partition coefficient (Wildman–Crippen LogP) is 1.73. The molecule has 1 saturated heterocycles. The highest BCUT2D eigenvalue weighted by Crippen LogP contribution is 2.35. The number of para-hydroxylation sites is 1. The maximum absolute atomic E-state index is 13.0. The molecule has 2 aliphatic heterocycles. The van der Waals surface area contributed by atoms with Crippen molar-refractivity contribution in [1.29, 1.82) is 0 Å². The van der Waals surface area contributed by atoms with Crippen molar-refractivity contribution in [3.8, 4) is 0 Å². The monoisotopic (exact) mass is 302 g/mol. The Hall–Kier alpha value is -1.88. The standard InChI is InChI=1S/C17H22N2O3/c1-11-5-4-8-19(15(11)10-20)17(22)13-9-16(21)18-14-7-3-2-6-12(13)14/h2-3,6-7,11,13,15,20H,4-5,8-10H2,1H3,(H,18,21). The molecule has 0 radical (unpaired) electrons. The molecule has 2 amide bonds. The average Bonchev–Trinajstić information content (AvgIpc) is 2.53. The summed E-state index contributed by atoms with van der Waals surface area (Å²) in [5.74, 6) is -0.310. The molecule has 1 fully saturated rings. The lowest BCUT2D eigenvalue weighted by Crippen LogP contribution is -2.51. The van der Waals surface area contributed by atoms with Crippen molar-refractivity contribution in [2.45, 2.75) is 38.1 Å². The fourth-order valence-electron chi connectivity index (χ4n) is 3.63. The molecule has 3 atom stereocenters. The van der Waals surface area contributed by atoms with Gasteiger partial charge >= 0.3 is 0 Å². The number of benzene rings is 1. The second-order valence-corrected chi connectivity index (χ2v) is 6.29. The zero-order chi connectivity index (χ0) is 15.7. The van der Waals surface area contributed by atoms with Crippen LogP contribution in [0.25, 0.3) is 0 Å². The van der Waals surface area contributed by atoms with Gasteiger partial charge in [-0.15, -0.1) is 0 Å². The van der Waals surface area contributed by atoms with Crippen LogP contribution in [0.5, 0.6) is 0 Å². The van der Waals surface area contributed by atoms with Crippen molar-refractivity contribution in [2.75, 3.05) is 18.5 Å². The van der Waals surface area contributed by atoms with Crippen molar-refractivity contribution < 1.29 is 14.7 Å². The number of likely N-dealkylation sites (tertiary alicyclic amines) is 1. The molecule has 0 spiro atoms. The first-order chi connectivity index (χ1) is 10.6. The summed E-state index contributed by atoms with van der Waals surface area (Å²) in [6.07, 6.45) is 2.15. The van der Waals surface area contributed by atoms with Crippen LogP contribution in [0.1, 0.15) is 37.7 Å². The first-order valence-corrected chi connectivity index (χ1v) is 7.92. The van der Waals surface area contributed by atoms with E-state index in [2.05, 4.69) is 12.2 Å². The molecule has 3 unspecified atom stereocenters. The Morgan fingerprint density at radius 2 is 2.18 bits per heavy atom. The van der Waals surface area contributed by atoms with Crippen molar-refractivity contribution in [3.05, 3.63) is 29.8 Å². The molecule has 2 heterocycles. The van der Waals surface area contributed by atoms with E-state index in [4.69, 9.17) is 0 Å². The van der Waals surface area contributed by atoms with Gasteiger partial charge < -0.3 is 15.3 Å². The molecule has 1 aromatic rings. The zero-order valence-corrected chi connectivity index (χ0v) is 12.8. The topological polar surface area (TPSA) is 69.6 Å². The van der Waals surface area contributed by atoms with Crippen LogP contribution in [0.4, 0.5) is 5.69 Å². The van der Waals surface area contributed by atoms with Crippen LogP contribution in [0.2, 0.25) is 0 Å².